The van der Waals surface area contributed by atoms with Gasteiger partial charge in [-0.25, -0.2) is 9.97 Å². The summed E-state index contributed by atoms with van der Waals surface area (Å²) in [5.74, 6) is 3.11. The van der Waals surface area contributed by atoms with Crippen LogP contribution in [0.15, 0.2) is 48.9 Å². The highest BCUT2D eigenvalue weighted by atomic mass is 16.5. The quantitative estimate of drug-likeness (QED) is 0.327. The van der Waals surface area contributed by atoms with Crippen LogP contribution in [0.2, 0.25) is 0 Å². The lowest BCUT2D eigenvalue weighted by atomic mass is 9.80. The Balaban J connectivity index is 1.21. The van der Waals surface area contributed by atoms with Crippen molar-refractivity contribution in [2.75, 3.05) is 56.0 Å². The number of nitrogens with one attached hydrogen (secondary N) is 2. The molecule has 2 saturated heterocycles. The van der Waals surface area contributed by atoms with E-state index >= 15 is 0 Å². The number of fused-ring (bicyclic) bond motifs is 1. The maximum atomic E-state index is 5.85. The van der Waals surface area contributed by atoms with Crippen LogP contribution in [-0.4, -0.2) is 60.2 Å². The van der Waals surface area contributed by atoms with E-state index in [9.17, 15) is 0 Å². The molecule has 4 aromatic rings. The average molecular weight is 528 g/mol. The lowest BCUT2D eigenvalue weighted by molar-refractivity contribution is 0.0419. The zero-order chi connectivity index (χ0) is 26.8. The molecule has 6 rings (SSSR count). The summed E-state index contributed by atoms with van der Waals surface area (Å²) in [7, 11) is 5.64. The van der Waals surface area contributed by atoms with Gasteiger partial charge in [0.25, 0.3) is 0 Å². The van der Waals surface area contributed by atoms with Crippen LogP contribution >= 0.6 is 0 Å². The summed E-state index contributed by atoms with van der Waals surface area (Å²) in [5.41, 5.74) is 6.02. The van der Waals surface area contributed by atoms with Crippen LogP contribution in [0.4, 0.5) is 22.9 Å². The fourth-order valence-corrected chi connectivity index (χ4v) is 6.12. The number of hydrogen-bond acceptors (Lipinski definition) is 8. The van der Waals surface area contributed by atoms with E-state index in [1.807, 2.05) is 31.0 Å². The summed E-state index contributed by atoms with van der Waals surface area (Å²) >= 11 is 0. The number of aromatic nitrogens is 4. The van der Waals surface area contributed by atoms with Gasteiger partial charge in [-0.2, -0.15) is 5.10 Å². The van der Waals surface area contributed by atoms with Gasteiger partial charge in [-0.3, -0.25) is 4.68 Å². The highest BCUT2D eigenvalue weighted by Gasteiger charge is 2.29. The number of rotatable bonds is 7. The molecule has 204 valence electrons. The van der Waals surface area contributed by atoms with Crippen LogP contribution in [-0.2, 0) is 11.8 Å². The molecule has 0 amide bonds. The van der Waals surface area contributed by atoms with Gasteiger partial charge in [0.1, 0.15) is 17.9 Å². The van der Waals surface area contributed by atoms with E-state index in [2.05, 4.69) is 60.9 Å². The molecule has 0 spiro atoms. The van der Waals surface area contributed by atoms with Gasteiger partial charge in [0.15, 0.2) is 0 Å². The second-order valence-electron chi connectivity index (χ2n) is 10.5. The molecular formula is C30H37N7O2. The highest BCUT2D eigenvalue weighted by molar-refractivity contribution is 5.85. The predicted octanol–water partition coefficient (Wildman–Crippen LogP) is 5.47. The average Bonchev–Trinajstić information content (AvgIpc) is 3.37. The number of aryl methyl sites for hydroxylation is 1. The van der Waals surface area contributed by atoms with E-state index in [-0.39, 0.29) is 0 Å². The molecule has 0 saturated carbocycles. The molecule has 0 atom stereocenters. The molecular weight excluding hydrogens is 490 g/mol. The number of nitrogens with zero attached hydrogens (tertiary/aromatic N) is 5. The lowest BCUT2D eigenvalue weighted by Crippen LogP contribution is -2.37. The third-order valence-electron chi connectivity index (χ3n) is 8.37. The molecule has 39 heavy (non-hydrogen) atoms. The van der Waals surface area contributed by atoms with Crippen molar-refractivity contribution >= 4 is 33.8 Å². The van der Waals surface area contributed by atoms with Crippen LogP contribution in [0.5, 0.6) is 5.75 Å². The van der Waals surface area contributed by atoms with Gasteiger partial charge in [0.05, 0.1) is 41.6 Å². The van der Waals surface area contributed by atoms with E-state index in [0.29, 0.717) is 5.82 Å². The third-order valence-corrected chi connectivity index (χ3v) is 8.37. The molecule has 2 aromatic carbocycles. The van der Waals surface area contributed by atoms with Gasteiger partial charge in [0, 0.05) is 63.5 Å². The normalized spacial score (nSPS) is 16.9. The minimum Gasteiger partial charge on any atom is -0.494 e. The molecule has 0 bridgehead atoms. The van der Waals surface area contributed by atoms with Crippen LogP contribution < -0.4 is 20.3 Å². The Kier molecular flexibility index (Phi) is 7.24. The Hall–Kier alpha value is -3.85. The zero-order valence-corrected chi connectivity index (χ0v) is 23.0. The maximum absolute atomic E-state index is 5.85. The van der Waals surface area contributed by atoms with Crippen LogP contribution in [0.1, 0.15) is 25.7 Å². The topological polar surface area (TPSA) is 89.4 Å². The summed E-state index contributed by atoms with van der Waals surface area (Å²) in [5, 5.41) is 12.3. The standard InChI is InChI=1S/C30H37N7O2/c1-31-25-15-26(29(38-3)17-28(25)37-10-6-20(7-11-37)21-8-12-39-13-9-21)35-30-16-24(32-19-33-30)22-4-5-23-18-34-36(2)27(23)14-22/h4-5,14-21,31H,6-13H2,1-3H3,(H,32,33,35). The molecule has 0 radical (unpaired) electrons. The fourth-order valence-electron chi connectivity index (χ4n) is 6.12. The van der Waals surface area contributed by atoms with E-state index < -0.39 is 0 Å². The number of methoxy groups -OCH3 is 1. The number of anilines is 4. The number of benzene rings is 2. The summed E-state index contributed by atoms with van der Waals surface area (Å²) in [6.45, 7) is 3.97. The van der Waals surface area contributed by atoms with Gasteiger partial charge in [-0.1, -0.05) is 12.1 Å². The first-order valence-corrected chi connectivity index (χ1v) is 13.9. The van der Waals surface area contributed by atoms with Gasteiger partial charge in [0.2, 0.25) is 0 Å². The van der Waals surface area contributed by atoms with Crippen molar-refractivity contribution in [2.24, 2.45) is 18.9 Å². The Morgan fingerprint density at radius 3 is 2.51 bits per heavy atom. The predicted molar refractivity (Wildman–Crippen MR) is 156 cm³/mol. The first-order valence-electron chi connectivity index (χ1n) is 13.9. The van der Waals surface area contributed by atoms with E-state index in [4.69, 9.17) is 9.47 Å². The SMILES string of the molecule is CNc1cc(Nc2cc(-c3ccc4cnn(C)c4c3)ncn2)c(OC)cc1N1CCC(C2CCOCC2)CC1. The second-order valence-corrected chi connectivity index (χ2v) is 10.5. The first kappa shape index (κ1) is 25.4. The zero-order valence-electron chi connectivity index (χ0n) is 23.0. The third kappa shape index (κ3) is 5.23. The van der Waals surface area contributed by atoms with Gasteiger partial charge in [-0.05, 0) is 49.7 Å². The second kappa shape index (κ2) is 11.1. The van der Waals surface area contributed by atoms with Crippen molar-refractivity contribution in [3.05, 3.63) is 48.9 Å². The van der Waals surface area contributed by atoms with E-state index in [1.165, 1.54) is 31.4 Å². The van der Waals surface area contributed by atoms with Crippen LogP contribution in [0, 0.1) is 11.8 Å². The van der Waals surface area contributed by atoms with Gasteiger partial charge < -0.3 is 25.0 Å². The van der Waals surface area contributed by atoms with Crippen LogP contribution in [0.3, 0.4) is 0 Å². The minimum absolute atomic E-state index is 0.704. The van der Waals surface area contributed by atoms with Crippen molar-refractivity contribution in [3.63, 3.8) is 0 Å². The fraction of sp³-hybridized carbons (Fsp3) is 0.433. The molecule has 2 N–H and O–H groups in total. The lowest BCUT2D eigenvalue weighted by Gasteiger charge is -2.39. The number of piperidine rings is 1. The number of ether oxygens (including phenoxy) is 2. The van der Waals surface area contributed by atoms with Gasteiger partial charge in [-0.15, -0.1) is 0 Å². The molecule has 2 aliphatic rings. The largest absolute Gasteiger partial charge is 0.494 e. The van der Waals surface area contributed by atoms with Crippen molar-refractivity contribution < 1.29 is 9.47 Å². The summed E-state index contributed by atoms with van der Waals surface area (Å²) in [6, 6.07) is 12.5. The Bertz CT molecular complexity index is 1440. The number of hydrogen-bond donors (Lipinski definition) is 2. The smallest absolute Gasteiger partial charge is 0.144 e. The van der Waals surface area contributed by atoms with Gasteiger partial charge >= 0.3 is 0 Å². The molecule has 0 unspecified atom stereocenters. The van der Waals surface area contributed by atoms with E-state index in [1.54, 1.807) is 13.4 Å². The van der Waals surface area contributed by atoms with E-state index in [0.717, 1.165) is 77.4 Å². The molecule has 2 aliphatic heterocycles. The molecule has 0 aliphatic carbocycles. The molecule has 2 aromatic heterocycles. The Morgan fingerprint density at radius 2 is 1.74 bits per heavy atom. The maximum Gasteiger partial charge on any atom is 0.144 e. The monoisotopic (exact) mass is 527 g/mol. The summed E-state index contributed by atoms with van der Waals surface area (Å²) < 4.78 is 13.3. The van der Waals surface area contributed by atoms with Crippen molar-refractivity contribution in [1.82, 2.24) is 19.7 Å². The minimum atomic E-state index is 0.704. The molecule has 4 heterocycles. The Morgan fingerprint density at radius 1 is 0.949 bits per heavy atom. The first-order chi connectivity index (χ1) is 19.1. The summed E-state index contributed by atoms with van der Waals surface area (Å²) in [6.07, 6.45) is 8.34. The van der Waals surface area contributed by atoms with Crippen molar-refractivity contribution in [2.45, 2.75) is 25.7 Å². The van der Waals surface area contributed by atoms with Crippen LogP contribution in [0.25, 0.3) is 22.2 Å². The summed E-state index contributed by atoms with van der Waals surface area (Å²) in [4.78, 5) is 11.5. The molecule has 9 heteroatoms. The molecule has 2 fully saturated rings. The Labute approximate surface area is 229 Å². The molecule has 9 nitrogen and oxygen atoms in total. The van der Waals surface area contributed by atoms with Crippen molar-refractivity contribution in [1.29, 1.82) is 0 Å². The highest BCUT2D eigenvalue weighted by Crippen LogP contribution is 2.41. The van der Waals surface area contributed by atoms with Crippen molar-refractivity contribution in [3.8, 4) is 17.0 Å².